The zero-order chi connectivity index (χ0) is 13.0. The third-order valence-corrected chi connectivity index (χ3v) is 6.52. The van der Waals surface area contributed by atoms with Gasteiger partial charge in [-0.15, -0.1) is 12.4 Å². The molecule has 0 radical (unpaired) electrons. The van der Waals surface area contributed by atoms with Crippen LogP contribution in [-0.4, -0.2) is 60.3 Å². The van der Waals surface area contributed by atoms with Crippen LogP contribution in [0.3, 0.4) is 0 Å². The van der Waals surface area contributed by atoms with Gasteiger partial charge in [0.05, 0.1) is 5.60 Å². The van der Waals surface area contributed by atoms with Crippen LogP contribution in [0.5, 0.6) is 0 Å². The molecule has 0 aromatic carbocycles. The lowest BCUT2D eigenvalue weighted by molar-refractivity contribution is -0.102. The molecule has 4 rings (SSSR count). The van der Waals surface area contributed by atoms with E-state index in [1.54, 1.807) is 0 Å². The predicted molar refractivity (Wildman–Crippen MR) is 83.2 cm³/mol. The first-order chi connectivity index (χ1) is 9.12. The number of fused-ring (bicyclic) bond motifs is 2. The molecule has 0 aromatic heterocycles. The predicted octanol–water partition coefficient (Wildman–Crippen LogP) is 1.84. The summed E-state index contributed by atoms with van der Waals surface area (Å²) in [6, 6.07) is 0. The average molecular weight is 301 g/mol. The van der Waals surface area contributed by atoms with Crippen LogP contribution in [0, 0.1) is 23.7 Å². The van der Waals surface area contributed by atoms with Crippen LogP contribution in [0.2, 0.25) is 0 Å². The molecule has 0 amide bonds. The second-order valence-electron chi connectivity index (χ2n) is 7.93. The van der Waals surface area contributed by atoms with Crippen molar-refractivity contribution in [2.75, 3.05) is 39.8 Å². The maximum Gasteiger partial charge on any atom is 0.0807 e. The Morgan fingerprint density at radius 2 is 1.70 bits per heavy atom. The molecule has 1 aliphatic heterocycles. The van der Waals surface area contributed by atoms with Crippen molar-refractivity contribution in [3.63, 3.8) is 0 Å². The lowest BCUT2D eigenvalue weighted by Gasteiger charge is -2.48. The first-order valence-electron chi connectivity index (χ1n) is 8.26. The van der Waals surface area contributed by atoms with Crippen molar-refractivity contribution in [1.29, 1.82) is 0 Å². The third-order valence-electron chi connectivity index (χ3n) is 6.52. The van der Waals surface area contributed by atoms with E-state index in [4.69, 9.17) is 0 Å². The Bertz CT molecular complexity index is 356. The summed E-state index contributed by atoms with van der Waals surface area (Å²) in [5, 5.41) is 11.3. The molecule has 20 heavy (non-hydrogen) atoms. The number of hydrogen-bond acceptors (Lipinski definition) is 3. The molecular formula is C16H29ClN2O. The summed E-state index contributed by atoms with van der Waals surface area (Å²) in [6.45, 7) is 5.56. The first-order valence-corrected chi connectivity index (χ1v) is 8.26. The minimum atomic E-state index is -0.352. The van der Waals surface area contributed by atoms with Gasteiger partial charge in [-0.2, -0.15) is 0 Å². The van der Waals surface area contributed by atoms with Gasteiger partial charge < -0.3 is 10.0 Å². The van der Waals surface area contributed by atoms with Gasteiger partial charge in [0, 0.05) is 32.7 Å². The van der Waals surface area contributed by atoms with Gasteiger partial charge in [-0.1, -0.05) is 0 Å². The molecule has 3 nitrogen and oxygen atoms in total. The summed E-state index contributed by atoms with van der Waals surface area (Å²) in [5.41, 5.74) is -0.352. The fraction of sp³-hybridized carbons (Fsp3) is 1.00. The molecule has 4 fully saturated rings. The van der Waals surface area contributed by atoms with Crippen LogP contribution in [0.4, 0.5) is 0 Å². The fourth-order valence-electron chi connectivity index (χ4n) is 5.74. The number of likely N-dealkylation sites (N-methyl/N-ethyl adjacent to an activating group) is 1. The molecule has 1 saturated heterocycles. The summed E-state index contributed by atoms with van der Waals surface area (Å²) < 4.78 is 0. The summed E-state index contributed by atoms with van der Waals surface area (Å²) in [5.74, 6) is 3.26. The van der Waals surface area contributed by atoms with Crippen molar-refractivity contribution in [2.45, 2.75) is 37.7 Å². The standard InChI is InChI=1S/C16H28N2O.ClH/c1-17-2-4-18(5-3-17)11-16(19)10-13-6-12-7-14(8-13)15(16)9-12;/h12-15,19H,2-11H2,1H3;1H. The van der Waals surface area contributed by atoms with Crippen LogP contribution in [0.15, 0.2) is 0 Å². The minimum Gasteiger partial charge on any atom is -0.388 e. The third kappa shape index (κ3) is 2.51. The van der Waals surface area contributed by atoms with Crippen molar-refractivity contribution in [3.05, 3.63) is 0 Å². The van der Waals surface area contributed by atoms with E-state index in [0.717, 1.165) is 56.9 Å². The highest BCUT2D eigenvalue weighted by Crippen LogP contribution is 2.58. The zero-order valence-corrected chi connectivity index (χ0v) is 13.4. The molecule has 5 atom stereocenters. The molecule has 3 aliphatic carbocycles. The van der Waals surface area contributed by atoms with E-state index >= 15 is 0 Å². The van der Waals surface area contributed by atoms with Gasteiger partial charge in [0.25, 0.3) is 0 Å². The Labute approximate surface area is 129 Å². The largest absolute Gasteiger partial charge is 0.388 e. The average Bonchev–Trinajstić information content (AvgIpc) is 2.62. The van der Waals surface area contributed by atoms with E-state index in [2.05, 4.69) is 16.8 Å². The quantitative estimate of drug-likeness (QED) is 0.843. The van der Waals surface area contributed by atoms with E-state index in [1.165, 1.54) is 25.7 Å². The number of aliphatic hydroxyl groups is 1. The summed E-state index contributed by atoms with van der Waals surface area (Å²) in [4.78, 5) is 4.93. The lowest BCUT2D eigenvalue weighted by atomic mass is 9.65. The lowest BCUT2D eigenvalue weighted by Crippen LogP contribution is -2.56. The molecule has 1 N–H and O–H groups in total. The van der Waals surface area contributed by atoms with E-state index in [-0.39, 0.29) is 18.0 Å². The number of piperazine rings is 1. The monoisotopic (exact) mass is 300 g/mol. The normalized spacial score (nSPS) is 48.3. The Balaban J connectivity index is 0.00000121. The molecule has 4 aliphatic rings. The van der Waals surface area contributed by atoms with E-state index in [0.29, 0.717) is 5.92 Å². The zero-order valence-electron chi connectivity index (χ0n) is 12.6. The van der Waals surface area contributed by atoms with Crippen molar-refractivity contribution in [2.24, 2.45) is 23.7 Å². The number of hydrogen-bond donors (Lipinski definition) is 1. The number of nitrogens with zero attached hydrogens (tertiary/aromatic N) is 2. The first kappa shape index (κ1) is 15.1. The summed E-state index contributed by atoms with van der Waals surface area (Å²) >= 11 is 0. The van der Waals surface area contributed by atoms with Gasteiger partial charge in [-0.05, 0) is 62.8 Å². The fourth-order valence-corrected chi connectivity index (χ4v) is 5.74. The van der Waals surface area contributed by atoms with Crippen LogP contribution in [0.1, 0.15) is 32.1 Å². The van der Waals surface area contributed by atoms with Gasteiger partial charge in [-0.25, -0.2) is 0 Å². The maximum absolute atomic E-state index is 11.3. The van der Waals surface area contributed by atoms with Gasteiger partial charge in [-0.3, -0.25) is 4.90 Å². The van der Waals surface area contributed by atoms with Crippen LogP contribution in [-0.2, 0) is 0 Å². The maximum atomic E-state index is 11.3. The highest BCUT2D eigenvalue weighted by molar-refractivity contribution is 5.85. The number of β-amino-alcohol motifs (C(OH)–C–C–N with tert-alkyl or cyclic N) is 1. The molecule has 3 saturated carbocycles. The van der Waals surface area contributed by atoms with Gasteiger partial charge >= 0.3 is 0 Å². The van der Waals surface area contributed by atoms with Crippen molar-refractivity contribution in [3.8, 4) is 0 Å². The Hall–Kier alpha value is 0.170. The molecule has 5 unspecified atom stereocenters. The molecule has 0 spiro atoms. The summed E-state index contributed by atoms with van der Waals surface area (Å²) in [7, 11) is 2.20. The Morgan fingerprint density at radius 1 is 1.00 bits per heavy atom. The van der Waals surface area contributed by atoms with Gasteiger partial charge in [0.2, 0.25) is 0 Å². The number of halogens is 1. The van der Waals surface area contributed by atoms with Crippen molar-refractivity contribution < 1.29 is 5.11 Å². The molecule has 4 heteroatoms. The van der Waals surface area contributed by atoms with Crippen molar-refractivity contribution >= 4 is 12.4 Å². The van der Waals surface area contributed by atoms with Crippen LogP contribution in [0.25, 0.3) is 0 Å². The molecule has 3 bridgehead atoms. The Morgan fingerprint density at radius 3 is 2.45 bits per heavy atom. The van der Waals surface area contributed by atoms with E-state index in [1.807, 2.05) is 0 Å². The smallest absolute Gasteiger partial charge is 0.0807 e. The molecular weight excluding hydrogens is 272 g/mol. The molecule has 0 aromatic rings. The van der Waals surface area contributed by atoms with Gasteiger partial charge in [0.1, 0.15) is 0 Å². The van der Waals surface area contributed by atoms with Crippen molar-refractivity contribution in [1.82, 2.24) is 9.80 Å². The van der Waals surface area contributed by atoms with Crippen LogP contribution < -0.4 is 0 Å². The van der Waals surface area contributed by atoms with Crippen LogP contribution >= 0.6 is 12.4 Å². The minimum absolute atomic E-state index is 0. The van der Waals surface area contributed by atoms with Gasteiger partial charge in [0.15, 0.2) is 0 Å². The molecule has 1 heterocycles. The Kier molecular flexibility index (Phi) is 4.09. The highest BCUT2D eigenvalue weighted by Gasteiger charge is 2.55. The second-order valence-corrected chi connectivity index (χ2v) is 7.93. The SMILES string of the molecule is CN1CCN(CC2(O)CC3CC4CC(C3)C2C4)CC1.Cl. The number of rotatable bonds is 2. The highest BCUT2D eigenvalue weighted by atomic mass is 35.5. The van der Waals surface area contributed by atoms with E-state index < -0.39 is 0 Å². The van der Waals surface area contributed by atoms with E-state index in [9.17, 15) is 5.11 Å². The molecule has 116 valence electrons. The second kappa shape index (κ2) is 5.42. The topological polar surface area (TPSA) is 26.7 Å². The summed E-state index contributed by atoms with van der Waals surface area (Å²) in [6.07, 6.45) is 6.68.